The van der Waals surface area contributed by atoms with E-state index < -0.39 is 10.0 Å². The lowest BCUT2D eigenvalue weighted by Crippen LogP contribution is -2.27. The number of aryl methyl sites for hydroxylation is 2. The molecule has 120 valence electrons. The van der Waals surface area contributed by atoms with Crippen LogP contribution in [0.5, 0.6) is 0 Å². The van der Waals surface area contributed by atoms with Crippen LogP contribution in [0.1, 0.15) is 36.5 Å². The molecule has 0 unspecified atom stereocenters. The molecule has 0 amide bonds. The Morgan fingerprint density at radius 3 is 2.24 bits per heavy atom. The Labute approximate surface area is 132 Å². The third-order valence-electron chi connectivity index (χ3n) is 3.22. The van der Waals surface area contributed by atoms with Crippen LogP contribution in [0.4, 0.5) is 0 Å². The Bertz CT molecular complexity index is 546. The maximum atomic E-state index is 12.4. The third-order valence-corrected chi connectivity index (χ3v) is 6.00. The van der Waals surface area contributed by atoms with Crippen molar-refractivity contribution in [2.45, 2.75) is 38.5 Å². The van der Waals surface area contributed by atoms with Crippen LogP contribution in [0.25, 0.3) is 0 Å². The minimum atomic E-state index is -3.45. The number of hydrogen-bond acceptors (Lipinski definition) is 4. The van der Waals surface area contributed by atoms with Crippen LogP contribution in [0.2, 0.25) is 0 Å². The van der Waals surface area contributed by atoms with Gasteiger partial charge in [0.15, 0.2) is 0 Å². The van der Waals surface area contributed by atoms with Crippen molar-refractivity contribution < 1.29 is 8.42 Å². The van der Waals surface area contributed by atoms with Crippen molar-refractivity contribution in [1.29, 1.82) is 0 Å². The zero-order valence-electron chi connectivity index (χ0n) is 13.3. The summed E-state index contributed by atoms with van der Waals surface area (Å²) in [6.45, 7) is 8.97. The minimum absolute atomic E-state index is 0.389. The van der Waals surface area contributed by atoms with Crippen LogP contribution >= 0.6 is 11.8 Å². The van der Waals surface area contributed by atoms with Crippen LogP contribution in [-0.4, -0.2) is 33.0 Å². The summed E-state index contributed by atoms with van der Waals surface area (Å²) < 4.78 is 27.6. The number of nitrogens with two attached hydrogens (primary N) is 1. The Balaban J connectivity index is 2.88. The summed E-state index contributed by atoms with van der Waals surface area (Å²) in [7, 11) is -3.45. The number of sulfonamides is 1. The average Bonchev–Trinajstić information content (AvgIpc) is 2.37. The normalized spacial score (nSPS) is 12.1. The van der Waals surface area contributed by atoms with Crippen LogP contribution in [0.15, 0.2) is 17.0 Å². The summed E-state index contributed by atoms with van der Waals surface area (Å²) in [5.41, 5.74) is 8.19. The van der Waals surface area contributed by atoms with E-state index in [-0.39, 0.29) is 0 Å². The lowest BCUT2D eigenvalue weighted by atomic mass is 9.99. The molecular weight excluding hydrogens is 304 g/mol. The van der Waals surface area contributed by atoms with E-state index in [1.165, 1.54) is 5.56 Å². The fourth-order valence-electron chi connectivity index (χ4n) is 2.25. The largest absolute Gasteiger partial charge is 0.330 e. The molecular formula is C15H26N2O2S2. The number of thioether (sulfide) groups is 1. The van der Waals surface area contributed by atoms with E-state index >= 15 is 0 Å². The summed E-state index contributed by atoms with van der Waals surface area (Å²) in [4.78, 5) is 0.413. The highest BCUT2D eigenvalue weighted by molar-refractivity contribution is 7.99. The molecule has 3 N–H and O–H groups in total. The topological polar surface area (TPSA) is 72.2 Å². The van der Waals surface area contributed by atoms with Gasteiger partial charge in [-0.3, -0.25) is 0 Å². The maximum Gasteiger partial charge on any atom is 0.241 e. The standard InChI is InChI=1S/C15H26N2O2S2/c1-11(2)14-9-12(3)15(13(4)10-14)21(18,19)17-6-8-20-7-5-16/h9-11,17H,5-8,16H2,1-4H3. The molecule has 0 saturated carbocycles. The van der Waals surface area contributed by atoms with Gasteiger partial charge >= 0.3 is 0 Å². The molecule has 1 aromatic carbocycles. The summed E-state index contributed by atoms with van der Waals surface area (Å²) in [6.07, 6.45) is 0. The van der Waals surface area contributed by atoms with Gasteiger partial charge in [-0.05, 0) is 36.5 Å². The molecule has 6 heteroatoms. The van der Waals surface area contributed by atoms with Crippen molar-refractivity contribution in [2.75, 3.05) is 24.6 Å². The molecule has 0 aromatic heterocycles. The lowest BCUT2D eigenvalue weighted by molar-refractivity contribution is 0.583. The Morgan fingerprint density at radius 2 is 1.76 bits per heavy atom. The average molecular weight is 331 g/mol. The first-order valence-electron chi connectivity index (χ1n) is 7.18. The van der Waals surface area contributed by atoms with Gasteiger partial charge in [-0.25, -0.2) is 13.1 Å². The van der Waals surface area contributed by atoms with Crippen molar-refractivity contribution in [2.24, 2.45) is 5.73 Å². The first-order valence-corrected chi connectivity index (χ1v) is 9.82. The highest BCUT2D eigenvalue weighted by Crippen LogP contribution is 2.25. The predicted molar refractivity (Wildman–Crippen MR) is 91.6 cm³/mol. The van der Waals surface area contributed by atoms with Crippen molar-refractivity contribution in [1.82, 2.24) is 4.72 Å². The summed E-state index contributed by atoms with van der Waals surface area (Å²) in [6, 6.07) is 3.94. The van der Waals surface area contributed by atoms with Gasteiger partial charge in [0.1, 0.15) is 0 Å². The lowest BCUT2D eigenvalue weighted by Gasteiger charge is -2.15. The fourth-order valence-corrected chi connectivity index (χ4v) is 4.47. The second kappa shape index (κ2) is 8.17. The molecule has 21 heavy (non-hydrogen) atoms. The van der Waals surface area contributed by atoms with Crippen LogP contribution in [0.3, 0.4) is 0 Å². The minimum Gasteiger partial charge on any atom is -0.330 e. The summed E-state index contributed by atoms with van der Waals surface area (Å²) in [5, 5.41) is 0. The van der Waals surface area contributed by atoms with Crippen molar-refractivity contribution in [3.63, 3.8) is 0 Å². The van der Waals surface area contributed by atoms with Gasteiger partial charge in [-0.2, -0.15) is 11.8 Å². The van der Waals surface area contributed by atoms with Gasteiger partial charge < -0.3 is 5.73 Å². The second-order valence-electron chi connectivity index (χ2n) is 5.44. The smallest absolute Gasteiger partial charge is 0.241 e. The molecule has 0 radical (unpaired) electrons. The second-order valence-corrected chi connectivity index (χ2v) is 8.37. The number of hydrogen-bond donors (Lipinski definition) is 2. The van der Waals surface area contributed by atoms with Crippen LogP contribution in [-0.2, 0) is 10.0 Å². The van der Waals surface area contributed by atoms with Gasteiger partial charge in [-0.1, -0.05) is 26.0 Å². The molecule has 0 atom stereocenters. The van der Waals surface area contributed by atoms with E-state index in [4.69, 9.17) is 5.73 Å². The summed E-state index contributed by atoms with van der Waals surface area (Å²) >= 11 is 1.65. The summed E-state index contributed by atoms with van der Waals surface area (Å²) in [5.74, 6) is 1.97. The van der Waals surface area contributed by atoms with Crippen molar-refractivity contribution in [3.8, 4) is 0 Å². The van der Waals surface area contributed by atoms with E-state index in [2.05, 4.69) is 18.6 Å². The SMILES string of the molecule is Cc1cc(C(C)C)cc(C)c1S(=O)(=O)NCCSCCN. The molecule has 0 bridgehead atoms. The molecule has 0 spiro atoms. The predicted octanol–water partition coefficient (Wildman–Crippen LogP) is 2.40. The van der Waals surface area contributed by atoms with E-state index in [1.807, 2.05) is 26.0 Å². The van der Waals surface area contributed by atoms with E-state index in [1.54, 1.807) is 11.8 Å². The zero-order valence-corrected chi connectivity index (χ0v) is 14.9. The molecule has 0 aliphatic rings. The van der Waals surface area contributed by atoms with Gasteiger partial charge in [-0.15, -0.1) is 0 Å². The molecule has 0 saturated heterocycles. The molecule has 4 nitrogen and oxygen atoms in total. The van der Waals surface area contributed by atoms with E-state index in [0.29, 0.717) is 23.9 Å². The Kier molecular flexibility index (Phi) is 7.20. The molecule has 0 aliphatic heterocycles. The van der Waals surface area contributed by atoms with Crippen LogP contribution < -0.4 is 10.5 Å². The van der Waals surface area contributed by atoms with Crippen molar-refractivity contribution in [3.05, 3.63) is 28.8 Å². The highest BCUT2D eigenvalue weighted by Gasteiger charge is 2.20. The van der Waals surface area contributed by atoms with Gasteiger partial charge in [0.05, 0.1) is 4.90 Å². The molecule has 0 fully saturated rings. The monoisotopic (exact) mass is 330 g/mol. The maximum absolute atomic E-state index is 12.4. The molecule has 0 aliphatic carbocycles. The number of benzene rings is 1. The first-order chi connectivity index (χ1) is 9.79. The highest BCUT2D eigenvalue weighted by atomic mass is 32.2. The molecule has 1 aromatic rings. The van der Waals surface area contributed by atoms with E-state index in [0.717, 1.165) is 22.6 Å². The van der Waals surface area contributed by atoms with Gasteiger partial charge in [0.25, 0.3) is 0 Å². The first kappa shape index (κ1) is 18.5. The van der Waals surface area contributed by atoms with Gasteiger partial charge in [0.2, 0.25) is 10.0 Å². The number of nitrogens with one attached hydrogen (secondary N) is 1. The Hall–Kier alpha value is -0.560. The van der Waals surface area contributed by atoms with Crippen molar-refractivity contribution >= 4 is 21.8 Å². The zero-order chi connectivity index (χ0) is 16.0. The van der Waals surface area contributed by atoms with Crippen LogP contribution in [0, 0.1) is 13.8 Å². The fraction of sp³-hybridized carbons (Fsp3) is 0.600. The van der Waals surface area contributed by atoms with Gasteiger partial charge in [0, 0.05) is 24.6 Å². The molecule has 1 rings (SSSR count). The Morgan fingerprint density at radius 1 is 1.19 bits per heavy atom. The molecule has 0 heterocycles. The number of rotatable bonds is 8. The third kappa shape index (κ3) is 5.29. The van der Waals surface area contributed by atoms with E-state index in [9.17, 15) is 8.42 Å². The quantitative estimate of drug-likeness (QED) is 0.718.